The number of hydrogen-bond acceptors (Lipinski definition) is 3. The number of carbonyl (C=O) groups excluding carboxylic acids is 2. The molecule has 0 radical (unpaired) electrons. The van der Waals surface area contributed by atoms with Gasteiger partial charge in [-0.25, -0.2) is 4.79 Å². The van der Waals surface area contributed by atoms with Crippen molar-refractivity contribution in [2.75, 3.05) is 26.2 Å². The largest absolute Gasteiger partial charge is 0.481 e. The SMILES string of the molecule is CCNC(=O)CN(CC)C(=O)NCC1(CC(=O)O)CCC1. The number of carboxylic acids is 1. The molecular formula is C14H25N3O4. The molecule has 3 amide bonds. The smallest absolute Gasteiger partial charge is 0.317 e. The Balaban J connectivity index is 2.46. The molecule has 21 heavy (non-hydrogen) atoms. The molecule has 7 heteroatoms. The fourth-order valence-corrected chi connectivity index (χ4v) is 2.54. The highest BCUT2D eigenvalue weighted by Gasteiger charge is 2.39. The third kappa shape index (κ3) is 5.24. The summed E-state index contributed by atoms with van der Waals surface area (Å²) in [6.07, 6.45) is 2.72. The maximum atomic E-state index is 12.1. The van der Waals surface area contributed by atoms with Crippen molar-refractivity contribution in [2.45, 2.75) is 39.5 Å². The van der Waals surface area contributed by atoms with E-state index >= 15 is 0 Å². The van der Waals surface area contributed by atoms with E-state index in [0.29, 0.717) is 19.6 Å². The fraction of sp³-hybridized carbons (Fsp3) is 0.786. The second-order valence-corrected chi connectivity index (χ2v) is 5.55. The van der Waals surface area contributed by atoms with E-state index in [-0.39, 0.29) is 30.3 Å². The zero-order chi connectivity index (χ0) is 15.9. The van der Waals surface area contributed by atoms with Crippen molar-refractivity contribution in [3.63, 3.8) is 0 Å². The molecule has 0 bridgehead atoms. The topological polar surface area (TPSA) is 98.7 Å². The molecule has 0 unspecified atom stereocenters. The van der Waals surface area contributed by atoms with Gasteiger partial charge in [0, 0.05) is 19.6 Å². The van der Waals surface area contributed by atoms with Gasteiger partial charge in [0.05, 0.1) is 6.42 Å². The molecule has 120 valence electrons. The Morgan fingerprint density at radius 2 is 1.86 bits per heavy atom. The summed E-state index contributed by atoms with van der Waals surface area (Å²) in [5.74, 6) is -1.03. The highest BCUT2D eigenvalue weighted by molar-refractivity contribution is 5.84. The maximum Gasteiger partial charge on any atom is 0.317 e. The molecule has 0 aromatic carbocycles. The first kappa shape index (κ1) is 17.3. The minimum absolute atomic E-state index is 0.0160. The summed E-state index contributed by atoms with van der Waals surface area (Å²) in [4.78, 5) is 35.9. The number of rotatable bonds is 8. The highest BCUT2D eigenvalue weighted by Crippen LogP contribution is 2.43. The Hall–Kier alpha value is -1.79. The molecule has 7 nitrogen and oxygen atoms in total. The van der Waals surface area contributed by atoms with E-state index in [0.717, 1.165) is 19.3 Å². The zero-order valence-corrected chi connectivity index (χ0v) is 12.8. The number of aliphatic carboxylic acids is 1. The van der Waals surface area contributed by atoms with Gasteiger partial charge in [0.1, 0.15) is 6.54 Å². The van der Waals surface area contributed by atoms with Gasteiger partial charge in [-0.2, -0.15) is 0 Å². The molecule has 0 aliphatic heterocycles. The van der Waals surface area contributed by atoms with Gasteiger partial charge in [-0.05, 0) is 32.1 Å². The molecule has 0 heterocycles. The van der Waals surface area contributed by atoms with Crippen LogP contribution < -0.4 is 10.6 Å². The van der Waals surface area contributed by atoms with Gasteiger partial charge in [0.25, 0.3) is 0 Å². The predicted octanol–water partition coefficient (Wildman–Crippen LogP) is 0.799. The van der Waals surface area contributed by atoms with E-state index in [1.807, 2.05) is 6.92 Å². The van der Waals surface area contributed by atoms with Crippen molar-refractivity contribution in [3.8, 4) is 0 Å². The third-order valence-corrected chi connectivity index (χ3v) is 3.93. The number of nitrogens with one attached hydrogen (secondary N) is 2. The lowest BCUT2D eigenvalue weighted by atomic mass is 9.66. The molecule has 1 rings (SSSR count). The van der Waals surface area contributed by atoms with Crippen LogP contribution in [0.4, 0.5) is 4.79 Å². The van der Waals surface area contributed by atoms with Gasteiger partial charge >= 0.3 is 12.0 Å². The molecular weight excluding hydrogens is 274 g/mol. The number of nitrogens with zero attached hydrogens (tertiary/aromatic N) is 1. The Morgan fingerprint density at radius 1 is 1.19 bits per heavy atom. The Bertz CT molecular complexity index is 394. The first-order chi connectivity index (χ1) is 9.92. The van der Waals surface area contributed by atoms with Crippen LogP contribution in [-0.2, 0) is 9.59 Å². The summed E-state index contributed by atoms with van der Waals surface area (Å²) >= 11 is 0. The van der Waals surface area contributed by atoms with Crippen LogP contribution in [0, 0.1) is 5.41 Å². The average Bonchev–Trinajstić information content (AvgIpc) is 2.38. The van der Waals surface area contributed by atoms with Crippen LogP contribution in [0.2, 0.25) is 0 Å². The second-order valence-electron chi connectivity index (χ2n) is 5.55. The number of hydrogen-bond donors (Lipinski definition) is 3. The lowest BCUT2D eigenvalue weighted by molar-refractivity contribution is -0.141. The fourth-order valence-electron chi connectivity index (χ4n) is 2.54. The molecule has 0 aromatic rings. The van der Waals surface area contributed by atoms with Gasteiger partial charge < -0.3 is 20.6 Å². The van der Waals surface area contributed by atoms with Crippen LogP contribution in [0.1, 0.15) is 39.5 Å². The number of carboxylic acid groups (broad SMARTS) is 1. The molecule has 0 saturated heterocycles. The van der Waals surface area contributed by atoms with Gasteiger partial charge in [-0.3, -0.25) is 9.59 Å². The molecule has 1 aliphatic rings. The van der Waals surface area contributed by atoms with Crippen molar-refractivity contribution in [3.05, 3.63) is 0 Å². The summed E-state index contributed by atoms with van der Waals surface area (Å²) in [6, 6.07) is -0.319. The highest BCUT2D eigenvalue weighted by atomic mass is 16.4. The predicted molar refractivity (Wildman–Crippen MR) is 77.9 cm³/mol. The standard InChI is InChI=1S/C14H25N3O4/c1-3-15-11(18)9-17(4-2)13(21)16-10-14(6-5-7-14)8-12(19)20/h3-10H2,1-2H3,(H,15,18)(H,16,21)(H,19,20). The Labute approximate surface area is 125 Å². The van der Waals surface area contributed by atoms with Gasteiger partial charge in [0.15, 0.2) is 0 Å². The number of carbonyl (C=O) groups is 3. The average molecular weight is 299 g/mol. The number of urea groups is 1. The lowest BCUT2D eigenvalue weighted by Crippen LogP contribution is -2.50. The summed E-state index contributed by atoms with van der Waals surface area (Å²) in [7, 11) is 0. The minimum Gasteiger partial charge on any atom is -0.481 e. The molecule has 0 atom stereocenters. The van der Waals surface area contributed by atoms with E-state index in [9.17, 15) is 14.4 Å². The van der Waals surface area contributed by atoms with Crippen LogP contribution in [0.3, 0.4) is 0 Å². The van der Waals surface area contributed by atoms with E-state index in [1.165, 1.54) is 4.90 Å². The third-order valence-electron chi connectivity index (χ3n) is 3.93. The Kier molecular flexibility index (Phi) is 6.45. The van der Waals surface area contributed by atoms with Crippen LogP contribution >= 0.6 is 0 Å². The van der Waals surface area contributed by atoms with E-state index in [1.54, 1.807) is 6.92 Å². The molecule has 0 aromatic heterocycles. The maximum absolute atomic E-state index is 12.1. The van der Waals surface area contributed by atoms with Crippen LogP contribution in [0.5, 0.6) is 0 Å². The number of likely N-dealkylation sites (N-methyl/N-ethyl adjacent to an activating group) is 2. The van der Waals surface area contributed by atoms with Gasteiger partial charge in [-0.1, -0.05) is 6.42 Å². The van der Waals surface area contributed by atoms with Crippen molar-refractivity contribution >= 4 is 17.9 Å². The van der Waals surface area contributed by atoms with Gasteiger partial charge in [0.2, 0.25) is 5.91 Å². The summed E-state index contributed by atoms with van der Waals surface area (Å²) < 4.78 is 0. The van der Waals surface area contributed by atoms with Crippen LogP contribution in [0.15, 0.2) is 0 Å². The van der Waals surface area contributed by atoms with Crippen LogP contribution in [-0.4, -0.2) is 54.1 Å². The zero-order valence-electron chi connectivity index (χ0n) is 12.8. The first-order valence-electron chi connectivity index (χ1n) is 7.43. The first-order valence-corrected chi connectivity index (χ1v) is 7.43. The lowest BCUT2D eigenvalue weighted by Gasteiger charge is -2.41. The van der Waals surface area contributed by atoms with E-state index < -0.39 is 5.97 Å². The van der Waals surface area contributed by atoms with Crippen molar-refractivity contribution in [2.24, 2.45) is 5.41 Å². The van der Waals surface area contributed by atoms with E-state index in [2.05, 4.69) is 10.6 Å². The monoisotopic (exact) mass is 299 g/mol. The molecule has 1 saturated carbocycles. The Morgan fingerprint density at radius 3 is 2.29 bits per heavy atom. The number of amides is 3. The quantitative estimate of drug-likeness (QED) is 0.617. The normalized spacial score (nSPS) is 15.7. The van der Waals surface area contributed by atoms with Crippen molar-refractivity contribution in [1.82, 2.24) is 15.5 Å². The van der Waals surface area contributed by atoms with Crippen molar-refractivity contribution in [1.29, 1.82) is 0 Å². The molecule has 3 N–H and O–H groups in total. The second kappa shape index (κ2) is 7.85. The van der Waals surface area contributed by atoms with E-state index in [4.69, 9.17) is 5.11 Å². The molecule has 1 fully saturated rings. The molecule has 1 aliphatic carbocycles. The summed E-state index contributed by atoms with van der Waals surface area (Å²) in [6.45, 7) is 4.94. The van der Waals surface area contributed by atoms with Gasteiger partial charge in [-0.15, -0.1) is 0 Å². The summed E-state index contributed by atoms with van der Waals surface area (Å²) in [5.41, 5.74) is -0.313. The molecule has 0 spiro atoms. The minimum atomic E-state index is -0.835. The summed E-state index contributed by atoms with van der Waals surface area (Å²) in [5, 5.41) is 14.4. The van der Waals surface area contributed by atoms with Crippen LogP contribution in [0.25, 0.3) is 0 Å². The van der Waals surface area contributed by atoms with Crippen molar-refractivity contribution < 1.29 is 19.5 Å².